The van der Waals surface area contributed by atoms with Crippen molar-refractivity contribution in [2.24, 2.45) is 5.92 Å². The zero-order chi connectivity index (χ0) is 19.5. The molecule has 3 fully saturated rings. The number of pyridine rings is 2. The highest BCUT2D eigenvalue weighted by atomic mass is 35.5. The maximum absolute atomic E-state index is 14.4. The Morgan fingerprint density at radius 3 is 2.93 bits per heavy atom. The SMILES string of the molecule is CSc1nc2c(F)c(Cl)ncc2c(NC2C3CC2N(C(=O)O)C3)c1[N+](=O)[O-]. The Balaban J connectivity index is 1.86. The molecule has 2 aliphatic heterocycles. The molecule has 2 bridgehead atoms. The molecule has 2 saturated heterocycles. The zero-order valence-electron chi connectivity index (χ0n) is 13.8. The van der Waals surface area contributed by atoms with Gasteiger partial charge in [0, 0.05) is 18.7 Å². The highest BCUT2D eigenvalue weighted by Crippen LogP contribution is 2.46. The smallest absolute Gasteiger partial charge is 0.407 e. The largest absolute Gasteiger partial charge is 0.465 e. The minimum absolute atomic E-state index is 0.0387. The topological polar surface area (TPSA) is 121 Å². The standard InChI is InChI=1S/C15H13ClFN5O4S/c1-27-14-12(22(25)26)11(6-3-18-13(16)8(17)10(6)20-14)19-9-5-2-7(9)21(4-5)15(23)24/h3,5,7,9H,2,4H2,1H3,(H,19,20)(H,23,24). The molecule has 0 aromatic carbocycles. The summed E-state index contributed by atoms with van der Waals surface area (Å²) in [6, 6.07) is -0.572. The molecule has 2 aromatic rings. The number of nitro groups is 1. The number of halogens is 2. The number of hydrogen-bond donors (Lipinski definition) is 2. The molecule has 27 heavy (non-hydrogen) atoms. The van der Waals surface area contributed by atoms with Crippen LogP contribution in [0.3, 0.4) is 0 Å². The van der Waals surface area contributed by atoms with Gasteiger partial charge in [-0.15, -0.1) is 11.8 Å². The van der Waals surface area contributed by atoms with Gasteiger partial charge in [0.1, 0.15) is 11.2 Å². The van der Waals surface area contributed by atoms with Crippen LogP contribution in [0.25, 0.3) is 10.9 Å². The molecular formula is C15H13ClFN5O4S. The molecule has 3 atom stereocenters. The van der Waals surface area contributed by atoms with E-state index in [1.807, 2.05) is 0 Å². The normalized spacial score (nSPS) is 23.4. The van der Waals surface area contributed by atoms with E-state index in [1.165, 1.54) is 11.1 Å². The predicted molar refractivity (Wildman–Crippen MR) is 97.0 cm³/mol. The van der Waals surface area contributed by atoms with Crippen molar-refractivity contribution in [2.45, 2.75) is 23.5 Å². The molecule has 1 aliphatic carbocycles. The third-order valence-corrected chi connectivity index (χ3v) is 6.04. The first-order valence-electron chi connectivity index (χ1n) is 7.95. The van der Waals surface area contributed by atoms with Crippen LogP contribution >= 0.6 is 23.4 Å². The predicted octanol–water partition coefficient (Wildman–Crippen LogP) is 3.22. The first-order chi connectivity index (χ1) is 12.8. The summed E-state index contributed by atoms with van der Waals surface area (Å²) in [5.74, 6) is -0.817. The summed E-state index contributed by atoms with van der Waals surface area (Å²) >= 11 is 6.75. The van der Waals surface area contributed by atoms with Crippen LogP contribution in [0, 0.1) is 21.8 Å². The van der Waals surface area contributed by atoms with Crippen molar-refractivity contribution in [1.82, 2.24) is 14.9 Å². The van der Waals surface area contributed by atoms with Gasteiger partial charge in [-0.05, 0) is 12.7 Å². The summed E-state index contributed by atoms with van der Waals surface area (Å²) in [6.07, 6.45) is 2.51. The van der Waals surface area contributed by atoms with Crippen LogP contribution in [0.2, 0.25) is 5.15 Å². The van der Waals surface area contributed by atoms with E-state index in [1.54, 1.807) is 6.26 Å². The third kappa shape index (κ3) is 2.64. The van der Waals surface area contributed by atoms with Crippen molar-refractivity contribution in [1.29, 1.82) is 0 Å². The molecule has 3 unspecified atom stereocenters. The Bertz CT molecular complexity index is 993. The quantitative estimate of drug-likeness (QED) is 0.339. The molecular weight excluding hydrogens is 401 g/mol. The number of anilines is 1. The number of rotatable bonds is 4. The molecule has 142 valence electrons. The second-order valence-corrected chi connectivity index (χ2v) is 7.55. The minimum Gasteiger partial charge on any atom is -0.465 e. The summed E-state index contributed by atoms with van der Waals surface area (Å²) in [4.78, 5) is 31.6. The molecule has 9 nitrogen and oxygen atoms in total. The van der Waals surface area contributed by atoms with Crippen molar-refractivity contribution in [3.05, 3.63) is 27.3 Å². The number of aromatic nitrogens is 2. The second kappa shape index (κ2) is 6.34. The number of nitrogens with zero attached hydrogens (tertiary/aromatic N) is 4. The number of fused-ring (bicyclic) bond motifs is 2. The maximum Gasteiger partial charge on any atom is 0.407 e. The first-order valence-corrected chi connectivity index (χ1v) is 9.56. The highest BCUT2D eigenvalue weighted by Gasteiger charge is 2.54. The molecule has 2 N–H and O–H groups in total. The van der Waals surface area contributed by atoms with E-state index in [2.05, 4.69) is 15.3 Å². The first kappa shape index (κ1) is 18.0. The summed E-state index contributed by atoms with van der Waals surface area (Å²) in [5, 5.41) is 23.9. The summed E-state index contributed by atoms with van der Waals surface area (Å²) in [6.45, 7) is 0.363. The van der Waals surface area contributed by atoms with Gasteiger partial charge in [0.25, 0.3) is 0 Å². The van der Waals surface area contributed by atoms with Gasteiger partial charge in [-0.1, -0.05) is 11.6 Å². The third-order valence-electron chi connectivity index (χ3n) is 5.10. The Kier molecular flexibility index (Phi) is 4.22. The lowest BCUT2D eigenvalue weighted by molar-refractivity contribution is -0.387. The fourth-order valence-electron chi connectivity index (χ4n) is 3.81. The van der Waals surface area contributed by atoms with E-state index in [-0.39, 0.29) is 50.5 Å². The van der Waals surface area contributed by atoms with E-state index in [0.717, 1.165) is 11.8 Å². The number of carbonyl (C=O) groups is 1. The molecule has 0 spiro atoms. The molecule has 2 aromatic heterocycles. The molecule has 4 heterocycles. The van der Waals surface area contributed by atoms with Gasteiger partial charge in [-0.3, -0.25) is 10.1 Å². The zero-order valence-corrected chi connectivity index (χ0v) is 15.4. The van der Waals surface area contributed by atoms with E-state index in [0.29, 0.717) is 13.0 Å². The van der Waals surface area contributed by atoms with Crippen LogP contribution in [0.5, 0.6) is 0 Å². The highest BCUT2D eigenvalue weighted by molar-refractivity contribution is 7.98. The Labute approximate surface area is 161 Å². The fourth-order valence-corrected chi connectivity index (χ4v) is 4.50. The van der Waals surface area contributed by atoms with Gasteiger partial charge in [0.2, 0.25) is 0 Å². The van der Waals surface area contributed by atoms with Crippen LogP contribution in [-0.2, 0) is 0 Å². The lowest BCUT2D eigenvalue weighted by atomic mass is 9.80. The average Bonchev–Trinajstić information content (AvgIpc) is 3.21. The molecule has 3 aliphatic rings. The molecule has 0 radical (unpaired) electrons. The number of amides is 1. The van der Waals surface area contributed by atoms with E-state index in [4.69, 9.17) is 11.6 Å². The average molecular weight is 414 g/mol. The lowest BCUT2D eigenvalue weighted by Crippen LogP contribution is -2.49. The van der Waals surface area contributed by atoms with Crippen LogP contribution in [0.1, 0.15) is 6.42 Å². The fraction of sp³-hybridized carbons (Fsp3) is 0.400. The van der Waals surface area contributed by atoms with Gasteiger partial charge in [-0.2, -0.15) is 0 Å². The van der Waals surface area contributed by atoms with Crippen molar-refractivity contribution < 1.29 is 19.2 Å². The summed E-state index contributed by atoms with van der Waals surface area (Å²) < 4.78 is 14.4. The van der Waals surface area contributed by atoms with Crippen molar-refractivity contribution >= 4 is 51.7 Å². The molecule has 5 rings (SSSR count). The number of thioether (sulfide) groups is 1. The van der Waals surface area contributed by atoms with E-state index >= 15 is 0 Å². The van der Waals surface area contributed by atoms with Crippen molar-refractivity contribution in [3.63, 3.8) is 0 Å². The monoisotopic (exact) mass is 413 g/mol. The number of hydrogen-bond acceptors (Lipinski definition) is 7. The van der Waals surface area contributed by atoms with Gasteiger partial charge in [-0.25, -0.2) is 19.2 Å². The Morgan fingerprint density at radius 2 is 2.33 bits per heavy atom. The minimum atomic E-state index is -1.02. The molecule has 12 heteroatoms. The van der Waals surface area contributed by atoms with Gasteiger partial charge >= 0.3 is 11.8 Å². The van der Waals surface area contributed by atoms with Crippen LogP contribution in [-0.4, -0.2) is 55.9 Å². The Hall–Kier alpha value is -2.40. The summed E-state index contributed by atoms with van der Waals surface area (Å²) in [5.41, 5.74) is -0.315. The Morgan fingerprint density at radius 1 is 1.59 bits per heavy atom. The van der Waals surface area contributed by atoms with Crippen LogP contribution in [0.15, 0.2) is 11.2 Å². The van der Waals surface area contributed by atoms with Crippen molar-refractivity contribution in [3.8, 4) is 0 Å². The number of carboxylic acid groups (broad SMARTS) is 1. The summed E-state index contributed by atoms with van der Waals surface area (Å²) in [7, 11) is 0. The van der Waals surface area contributed by atoms with Crippen molar-refractivity contribution in [2.75, 3.05) is 18.1 Å². The molecule has 1 saturated carbocycles. The number of nitrogens with one attached hydrogen (secondary N) is 1. The molecule has 1 amide bonds. The second-order valence-electron chi connectivity index (χ2n) is 6.40. The van der Waals surface area contributed by atoms with E-state index in [9.17, 15) is 24.4 Å². The van der Waals surface area contributed by atoms with Gasteiger partial charge in [0.05, 0.1) is 22.4 Å². The van der Waals surface area contributed by atoms with Crippen LogP contribution < -0.4 is 5.32 Å². The van der Waals surface area contributed by atoms with Gasteiger partial charge in [0.15, 0.2) is 16.0 Å². The maximum atomic E-state index is 14.4. The van der Waals surface area contributed by atoms with E-state index < -0.39 is 16.8 Å². The van der Waals surface area contributed by atoms with Crippen LogP contribution in [0.4, 0.5) is 20.6 Å². The lowest BCUT2D eigenvalue weighted by Gasteiger charge is -2.37. The van der Waals surface area contributed by atoms with Gasteiger partial charge < -0.3 is 15.3 Å².